The van der Waals surface area contributed by atoms with Crippen molar-refractivity contribution in [1.29, 1.82) is 0 Å². The minimum Gasteiger partial charge on any atom is -1.00 e. The minimum atomic E-state index is -2.71. The number of rotatable bonds is 4. The first-order valence-corrected chi connectivity index (χ1v) is 20.4. The Hall–Kier alpha value is -2.12. The first-order chi connectivity index (χ1) is 20.7. The molecule has 0 nitrogen and oxygen atoms in total. The fourth-order valence-electron chi connectivity index (χ4n) is 8.93. The van der Waals surface area contributed by atoms with Crippen molar-refractivity contribution in [3.05, 3.63) is 126 Å². The molecule has 0 radical (unpaired) electrons. The Balaban J connectivity index is 0.00000208. The Labute approximate surface area is 296 Å². The van der Waals surface area contributed by atoms with Crippen molar-refractivity contribution in [2.24, 2.45) is 11.8 Å². The van der Waals surface area contributed by atoms with Crippen molar-refractivity contribution in [2.75, 3.05) is 0 Å². The largest absolute Gasteiger partial charge is 1.00 e. The predicted octanol–water partition coefficient (Wildman–Crippen LogP) is 5.27. The van der Waals surface area contributed by atoms with Gasteiger partial charge in [-0.2, -0.15) is 0 Å². The van der Waals surface area contributed by atoms with E-state index in [4.69, 9.17) is 0 Å². The van der Waals surface area contributed by atoms with E-state index in [1.165, 1.54) is 72.4 Å². The van der Waals surface area contributed by atoms with E-state index in [1.54, 1.807) is 15.4 Å². The summed E-state index contributed by atoms with van der Waals surface area (Å²) >= 11 is -2.71. The van der Waals surface area contributed by atoms with Crippen LogP contribution in [0.5, 0.6) is 0 Å². The molecule has 0 saturated carbocycles. The van der Waals surface area contributed by atoms with Gasteiger partial charge >= 0.3 is 273 Å². The summed E-state index contributed by atoms with van der Waals surface area (Å²) in [4.78, 5) is 0. The molecule has 0 bridgehead atoms. The maximum atomic E-state index is 14.1. The van der Waals surface area contributed by atoms with E-state index in [0.717, 1.165) is 0 Å². The minimum absolute atomic E-state index is 0. The van der Waals surface area contributed by atoms with Gasteiger partial charge in [-0.25, -0.2) is 0 Å². The molecule has 1 unspecified atom stereocenters. The molecule has 4 aliphatic rings. The van der Waals surface area contributed by atoms with E-state index in [9.17, 15) is 4.39 Å². The van der Waals surface area contributed by atoms with Gasteiger partial charge in [0.05, 0.1) is 0 Å². The molecular formula is C42H45Cl2FZr. The van der Waals surface area contributed by atoms with Crippen LogP contribution in [0.15, 0.2) is 81.2 Å². The summed E-state index contributed by atoms with van der Waals surface area (Å²) in [5.41, 5.74) is 18.7. The Bertz CT molecular complexity index is 1840. The number of fused-ring (bicyclic) bond motifs is 5. The van der Waals surface area contributed by atoms with Gasteiger partial charge in [-0.1, -0.05) is 0 Å². The third-order valence-electron chi connectivity index (χ3n) is 10.8. The average molecular weight is 731 g/mol. The van der Waals surface area contributed by atoms with E-state index >= 15 is 0 Å². The van der Waals surface area contributed by atoms with Crippen LogP contribution < -0.4 is 24.8 Å². The molecule has 0 amide bonds. The molecule has 0 spiro atoms. The third kappa shape index (κ3) is 5.40. The number of hydrogen-bond donors (Lipinski definition) is 0. The van der Waals surface area contributed by atoms with Crippen LogP contribution in [0.4, 0.5) is 4.39 Å². The van der Waals surface area contributed by atoms with Crippen molar-refractivity contribution in [3.8, 4) is 11.1 Å². The first-order valence-electron chi connectivity index (χ1n) is 16.3. The van der Waals surface area contributed by atoms with E-state index in [-0.39, 0.29) is 41.5 Å². The summed E-state index contributed by atoms with van der Waals surface area (Å²) in [7, 11) is 0. The molecule has 46 heavy (non-hydrogen) atoms. The summed E-state index contributed by atoms with van der Waals surface area (Å²) in [6, 6.07) is 17.5. The van der Waals surface area contributed by atoms with E-state index in [2.05, 4.69) is 115 Å². The molecule has 0 heterocycles. The monoisotopic (exact) mass is 728 g/mol. The van der Waals surface area contributed by atoms with Crippen LogP contribution in [0, 0.1) is 17.7 Å². The van der Waals surface area contributed by atoms with E-state index in [0.29, 0.717) is 15.5 Å². The van der Waals surface area contributed by atoms with Crippen molar-refractivity contribution >= 4 is 14.9 Å². The smallest absolute Gasteiger partial charge is 1.00 e. The molecule has 7 rings (SSSR count). The second-order valence-corrected chi connectivity index (χ2v) is 20.9. The van der Waals surface area contributed by atoms with Crippen LogP contribution in [0.1, 0.15) is 112 Å². The van der Waals surface area contributed by atoms with Crippen LogP contribution in [0.25, 0.3) is 22.3 Å². The zero-order valence-corrected chi connectivity index (χ0v) is 32.8. The van der Waals surface area contributed by atoms with E-state index in [1.807, 2.05) is 12.1 Å². The van der Waals surface area contributed by atoms with Gasteiger partial charge in [0, 0.05) is 0 Å². The molecule has 0 fully saturated rings. The predicted molar refractivity (Wildman–Crippen MR) is 183 cm³/mol. The van der Waals surface area contributed by atoms with Gasteiger partial charge in [0.15, 0.2) is 0 Å². The first kappa shape index (κ1) is 35.2. The molecule has 0 aliphatic heterocycles. The van der Waals surface area contributed by atoms with Gasteiger partial charge in [0.1, 0.15) is 0 Å². The molecule has 0 saturated heterocycles. The Morgan fingerprint density at radius 1 is 0.739 bits per heavy atom. The fraction of sp³-hybridized carbons (Fsp3) is 0.357. The molecular weight excluding hydrogens is 686 g/mol. The van der Waals surface area contributed by atoms with Gasteiger partial charge in [-0.05, 0) is 0 Å². The second kappa shape index (κ2) is 12.1. The summed E-state index contributed by atoms with van der Waals surface area (Å²) in [6.45, 7) is 23.5. The van der Waals surface area contributed by atoms with Gasteiger partial charge in [-0.3, -0.25) is 0 Å². The quantitative estimate of drug-likeness (QED) is 0.344. The number of allylic oxidation sites excluding steroid dienone is 8. The van der Waals surface area contributed by atoms with Gasteiger partial charge < -0.3 is 24.8 Å². The Morgan fingerprint density at radius 2 is 1.22 bits per heavy atom. The fourth-order valence-corrected chi connectivity index (χ4v) is 17.6. The Kier molecular flexibility index (Phi) is 9.25. The molecule has 3 aromatic rings. The van der Waals surface area contributed by atoms with Crippen LogP contribution in [0.3, 0.4) is 0 Å². The molecule has 4 heteroatoms. The zero-order chi connectivity index (χ0) is 31.5. The van der Waals surface area contributed by atoms with Crippen molar-refractivity contribution in [3.63, 3.8) is 0 Å². The zero-order valence-electron chi connectivity index (χ0n) is 28.8. The average Bonchev–Trinajstić information content (AvgIpc) is 3.58. The van der Waals surface area contributed by atoms with E-state index < -0.39 is 21.3 Å². The summed E-state index contributed by atoms with van der Waals surface area (Å²) in [5.74, 6) is 0.763. The molecule has 4 aliphatic carbocycles. The summed E-state index contributed by atoms with van der Waals surface area (Å²) < 4.78 is 18.8. The third-order valence-corrected chi connectivity index (χ3v) is 19.1. The summed E-state index contributed by atoms with van der Waals surface area (Å²) in [6.07, 6.45) is 7.45. The number of benzene rings is 3. The topological polar surface area (TPSA) is 0 Å². The second-order valence-electron chi connectivity index (χ2n) is 15.3. The van der Waals surface area contributed by atoms with Crippen molar-refractivity contribution in [1.82, 2.24) is 0 Å². The van der Waals surface area contributed by atoms with Crippen LogP contribution in [-0.4, -0.2) is 3.71 Å². The maximum Gasteiger partial charge on any atom is -1.00 e. The normalized spacial score (nSPS) is 20.0. The van der Waals surface area contributed by atoms with Crippen LogP contribution in [-0.2, 0) is 32.1 Å². The van der Waals surface area contributed by atoms with Gasteiger partial charge in [0.25, 0.3) is 0 Å². The van der Waals surface area contributed by atoms with Crippen LogP contribution >= 0.6 is 0 Å². The standard InChI is InChI=1S/C25H25.C10H15.C7H5F.2ClH.Zr/c1-14-12-24(3,4)22-8-16-7-17-9-23-19(15(2)13-25(23,5)6)11-21(17)20(16)10-18(14)22;1-7(2)10-6-8(3)5-9(10)4;1-6-2-4-7(8)5-3-6;;;/h7-13H,1-6H3;6-8H,1-4H3;1-5H;2*1H;/q;;;;;+2/p-2. The van der Waals surface area contributed by atoms with Crippen LogP contribution in [0.2, 0.25) is 0 Å². The molecule has 0 aromatic heterocycles. The maximum absolute atomic E-state index is 14.1. The Morgan fingerprint density at radius 3 is 1.65 bits per heavy atom. The molecule has 238 valence electrons. The number of hydrogen-bond acceptors (Lipinski definition) is 0. The molecule has 0 N–H and O–H groups in total. The van der Waals surface area contributed by atoms with Crippen molar-refractivity contribution < 1.29 is 50.5 Å². The molecule has 3 aromatic carbocycles. The number of halogens is 3. The van der Waals surface area contributed by atoms with Crippen molar-refractivity contribution in [2.45, 2.75) is 83.7 Å². The SMILES string of the molecule is CC1=CC(C)(C)c2cc3c(cc21)-c1cc2c(cc1[CH]3/[Zr+2](=[CH]/c1ccc(F)cc1)[C]1=C(C)C(C(C)C)=CC1C)C(C)(C)C=C2C.[Cl-].[Cl-]. The van der Waals surface area contributed by atoms with Gasteiger partial charge in [-0.15, -0.1) is 0 Å². The summed E-state index contributed by atoms with van der Waals surface area (Å²) in [5, 5.41) is 0. The molecule has 1 atom stereocenters. The van der Waals surface area contributed by atoms with Gasteiger partial charge in [0.2, 0.25) is 0 Å².